The zero-order chi connectivity index (χ0) is 14.0. The Morgan fingerprint density at radius 1 is 1.15 bits per heavy atom. The highest BCUT2D eigenvalue weighted by atomic mass is 15.1. The van der Waals surface area contributed by atoms with E-state index in [0.717, 1.165) is 19.6 Å². The average molecular weight is 268 g/mol. The minimum absolute atomic E-state index is 0.430. The number of nitrogens with one attached hydrogen (secondary N) is 1. The van der Waals surface area contributed by atoms with Gasteiger partial charge in [-0.05, 0) is 41.8 Å². The minimum atomic E-state index is 0.430. The Kier molecular flexibility index (Phi) is 3.77. The molecule has 20 heavy (non-hydrogen) atoms. The molecule has 0 aromatic heterocycles. The molecule has 1 heterocycles. The first kappa shape index (κ1) is 13.6. The molecule has 1 aliphatic heterocycles. The maximum Gasteiger partial charge on any atom is 0.0237 e. The van der Waals surface area contributed by atoms with Gasteiger partial charge in [-0.15, -0.1) is 0 Å². The predicted octanol–water partition coefficient (Wildman–Crippen LogP) is 3.27. The number of hydrogen-bond donors (Lipinski definition) is 1. The highest BCUT2D eigenvalue weighted by molar-refractivity contribution is 5.85. The van der Waals surface area contributed by atoms with Crippen LogP contribution in [-0.4, -0.2) is 31.6 Å². The Bertz CT molecular complexity index is 579. The Balaban J connectivity index is 1.75. The molecule has 2 heteroatoms. The van der Waals surface area contributed by atoms with Crippen LogP contribution in [0.4, 0.5) is 0 Å². The Labute approximate surface area is 121 Å². The molecule has 3 rings (SSSR count). The summed E-state index contributed by atoms with van der Waals surface area (Å²) in [4.78, 5) is 2.47. The van der Waals surface area contributed by atoms with Crippen LogP contribution in [0.15, 0.2) is 42.5 Å². The summed E-state index contributed by atoms with van der Waals surface area (Å²) < 4.78 is 0. The Hall–Kier alpha value is -1.38. The maximum atomic E-state index is 3.49. The molecule has 1 N–H and O–H groups in total. The van der Waals surface area contributed by atoms with Crippen molar-refractivity contribution < 1.29 is 0 Å². The van der Waals surface area contributed by atoms with Gasteiger partial charge in [0.15, 0.2) is 0 Å². The molecule has 1 unspecified atom stereocenters. The molecule has 0 spiro atoms. The summed E-state index contributed by atoms with van der Waals surface area (Å²) in [5, 5.41) is 6.21. The van der Waals surface area contributed by atoms with E-state index in [1.165, 1.54) is 29.3 Å². The van der Waals surface area contributed by atoms with E-state index in [0.29, 0.717) is 5.41 Å². The van der Waals surface area contributed by atoms with Crippen molar-refractivity contribution in [3.63, 3.8) is 0 Å². The average Bonchev–Trinajstić information content (AvgIpc) is 2.85. The van der Waals surface area contributed by atoms with Crippen molar-refractivity contribution in [2.75, 3.05) is 26.7 Å². The van der Waals surface area contributed by atoms with Crippen LogP contribution in [-0.2, 0) is 6.54 Å². The predicted molar refractivity (Wildman–Crippen MR) is 85.9 cm³/mol. The molecular weight excluding hydrogens is 244 g/mol. The summed E-state index contributed by atoms with van der Waals surface area (Å²) in [6, 6.07) is 15.3. The monoisotopic (exact) mass is 268 g/mol. The van der Waals surface area contributed by atoms with Crippen LogP contribution < -0.4 is 5.32 Å². The number of benzene rings is 2. The number of rotatable bonds is 4. The molecule has 0 bridgehead atoms. The second-order valence-corrected chi connectivity index (χ2v) is 6.55. The molecule has 2 aromatic carbocycles. The Morgan fingerprint density at radius 3 is 2.75 bits per heavy atom. The molecule has 1 saturated heterocycles. The number of fused-ring (bicyclic) bond motifs is 1. The van der Waals surface area contributed by atoms with Gasteiger partial charge in [-0.1, -0.05) is 49.4 Å². The van der Waals surface area contributed by atoms with Crippen LogP contribution in [0.25, 0.3) is 10.8 Å². The molecule has 1 atom stereocenters. The number of nitrogens with zero attached hydrogens (tertiary/aromatic N) is 1. The van der Waals surface area contributed by atoms with Gasteiger partial charge in [0, 0.05) is 19.6 Å². The second kappa shape index (κ2) is 5.55. The third kappa shape index (κ3) is 2.87. The summed E-state index contributed by atoms with van der Waals surface area (Å²) in [6.07, 6.45) is 1.28. The van der Waals surface area contributed by atoms with Crippen molar-refractivity contribution >= 4 is 10.8 Å². The van der Waals surface area contributed by atoms with Crippen LogP contribution >= 0.6 is 0 Å². The van der Waals surface area contributed by atoms with Crippen molar-refractivity contribution in [3.8, 4) is 0 Å². The van der Waals surface area contributed by atoms with Crippen LogP contribution in [0, 0.1) is 5.41 Å². The van der Waals surface area contributed by atoms with E-state index >= 15 is 0 Å². The fourth-order valence-electron chi connectivity index (χ4n) is 3.43. The van der Waals surface area contributed by atoms with E-state index in [9.17, 15) is 0 Å². The fourth-order valence-corrected chi connectivity index (χ4v) is 3.43. The van der Waals surface area contributed by atoms with E-state index in [4.69, 9.17) is 0 Å². The summed E-state index contributed by atoms with van der Waals surface area (Å²) in [7, 11) is 2.24. The van der Waals surface area contributed by atoms with Crippen LogP contribution in [0.3, 0.4) is 0 Å². The van der Waals surface area contributed by atoms with Gasteiger partial charge in [0.1, 0.15) is 0 Å². The quantitative estimate of drug-likeness (QED) is 0.915. The minimum Gasteiger partial charge on any atom is -0.316 e. The summed E-state index contributed by atoms with van der Waals surface area (Å²) in [5.74, 6) is 0. The maximum absolute atomic E-state index is 3.49. The normalized spacial score (nSPS) is 22.8. The molecule has 106 valence electrons. The molecule has 0 saturated carbocycles. The van der Waals surface area contributed by atoms with E-state index in [-0.39, 0.29) is 0 Å². The SMILES string of the molecule is CN(Cc1cccc2ccccc12)CC1(C)CCNC1. The molecule has 0 radical (unpaired) electrons. The molecule has 0 aliphatic carbocycles. The van der Waals surface area contributed by atoms with Crippen LogP contribution in [0.2, 0.25) is 0 Å². The van der Waals surface area contributed by atoms with E-state index in [2.05, 4.69) is 66.7 Å². The first-order valence-electron chi connectivity index (χ1n) is 7.52. The highest BCUT2D eigenvalue weighted by Gasteiger charge is 2.29. The van der Waals surface area contributed by atoms with Gasteiger partial charge < -0.3 is 10.2 Å². The largest absolute Gasteiger partial charge is 0.316 e. The van der Waals surface area contributed by atoms with E-state index in [1.54, 1.807) is 0 Å². The lowest BCUT2D eigenvalue weighted by Crippen LogP contribution is -2.34. The van der Waals surface area contributed by atoms with Crippen LogP contribution in [0.5, 0.6) is 0 Å². The lowest BCUT2D eigenvalue weighted by molar-refractivity contribution is 0.204. The third-order valence-corrected chi connectivity index (χ3v) is 4.43. The highest BCUT2D eigenvalue weighted by Crippen LogP contribution is 2.26. The molecule has 1 fully saturated rings. The zero-order valence-corrected chi connectivity index (χ0v) is 12.5. The molecule has 2 aromatic rings. The standard InChI is InChI=1S/C18H24N2/c1-18(10-11-19-13-18)14-20(2)12-16-8-5-7-15-6-3-4-9-17(15)16/h3-9,19H,10-14H2,1-2H3. The molecular formula is C18H24N2. The van der Waals surface area contributed by atoms with Crippen molar-refractivity contribution in [1.82, 2.24) is 10.2 Å². The summed E-state index contributed by atoms with van der Waals surface area (Å²) in [5.41, 5.74) is 1.86. The summed E-state index contributed by atoms with van der Waals surface area (Å²) in [6.45, 7) is 6.89. The lowest BCUT2D eigenvalue weighted by Gasteiger charge is -2.29. The van der Waals surface area contributed by atoms with Crippen molar-refractivity contribution in [3.05, 3.63) is 48.0 Å². The summed E-state index contributed by atoms with van der Waals surface area (Å²) >= 11 is 0. The second-order valence-electron chi connectivity index (χ2n) is 6.55. The van der Waals surface area contributed by atoms with Gasteiger partial charge in [0.05, 0.1) is 0 Å². The fraction of sp³-hybridized carbons (Fsp3) is 0.444. The van der Waals surface area contributed by atoms with Gasteiger partial charge >= 0.3 is 0 Å². The van der Waals surface area contributed by atoms with E-state index < -0.39 is 0 Å². The van der Waals surface area contributed by atoms with Crippen molar-refractivity contribution in [1.29, 1.82) is 0 Å². The molecule has 0 amide bonds. The Morgan fingerprint density at radius 2 is 1.95 bits per heavy atom. The lowest BCUT2D eigenvalue weighted by atomic mass is 9.89. The number of hydrogen-bond acceptors (Lipinski definition) is 2. The van der Waals surface area contributed by atoms with Crippen molar-refractivity contribution in [2.45, 2.75) is 19.9 Å². The van der Waals surface area contributed by atoms with Gasteiger partial charge in [-0.3, -0.25) is 0 Å². The topological polar surface area (TPSA) is 15.3 Å². The first-order chi connectivity index (χ1) is 9.66. The van der Waals surface area contributed by atoms with Gasteiger partial charge in [0.25, 0.3) is 0 Å². The van der Waals surface area contributed by atoms with Gasteiger partial charge in [0.2, 0.25) is 0 Å². The first-order valence-corrected chi connectivity index (χ1v) is 7.52. The zero-order valence-electron chi connectivity index (χ0n) is 12.5. The molecule has 2 nitrogen and oxygen atoms in total. The van der Waals surface area contributed by atoms with Gasteiger partial charge in [-0.25, -0.2) is 0 Å². The van der Waals surface area contributed by atoms with Gasteiger partial charge in [-0.2, -0.15) is 0 Å². The third-order valence-electron chi connectivity index (χ3n) is 4.43. The van der Waals surface area contributed by atoms with E-state index in [1.807, 2.05) is 0 Å². The molecule has 1 aliphatic rings. The van der Waals surface area contributed by atoms with Crippen molar-refractivity contribution in [2.24, 2.45) is 5.41 Å². The van der Waals surface area contributed by atoms with Crippen LogP contribution in [0.1, 0.15) is 18.9 Å². The smallest absolute Gasteiger partial charge is 0.0237 e.